The van der Waals surface area contributed by atoms with Gasteiger partial charge in [-0.25, -0.2) is 0 Å². The zero-order valence-corrected chi connectivity index (χ0v) is 9.32. The number of aliphatic hydroxyl groups is 1. The molecule has 0 aromatic heterocycles. The van der Waals surface area contributed by atoms with Crippen LogP contribution in [0.3, 0.4) is 0 Å². The van der Waals surface area contributed by atoms with Gasteiger partial charge in [-0.2, -0.15) is 11.8 Å². The lowest BCUT2D eigenvalue weighted by atomic mass is 9.85. The molecule has 0 spiro atoms. The minimum Gasteiger partial charge on any atom is -0.395 e. The van der Waals surface area contributed by atoms with Gasteiger partial charge < -0.3 is 10.8 Å². The van der Waals surface area contributed by atoms with E-state index in [0.29, 0.717) is 0 Å². The van der Waals surface area contributed by atoms with Crippen molar-refractivity contribution in [2.75, 3.05) is 12.4 Å². The summed E-state index contributed by atoms with van der Waals surface area (Å²) in [4.78, 5) is 0. The summed E-state index contributed by atoms with van der Waals surface area (Å²) >= 11 is 1.74. The topological polar surface area (TPSA) is 46.2 Å². The van der Waals surface area contributed by atoms with Gasteiger partial charge in [0.25, 0.3) is 0 Å². The van der Waals surface area contributed by atoms with Crippen LogP contribution in [0.1, 0.15) is 27.7 Å². The van der Waals surface area contributed by atoms with Crippen LogP contribution < -0.4 is 5.73 Å². The minimum absolute atomic E-state index is 0.0625. The van der Waals surface area contributed by atoms with Crippen molar-refractivity contribution >= 4 is 11.8 Å². The molecule has 2 unspecified atom stereocenters. The molecule has 2 atom stereocenters. The summed E-state index contributed by atoms with van der Waals surface area (Å²) in [6.45, 7) is 8.59. The Morgan fingerprint density at radius 1 is 1.42 bits per heavy atom. The molecule has 3 heteroatoms. The normalized spacial score (nSPS) is 17.5. The molecule has 0 heterocycles. The number of aliphatic hydroxyl groups excluding tert-OH is 1. The molecule has 2 nitrogen and oxygen atoms in total. The first-order chi connectivity index (χ1) is 5.43. The predicted molar refractivity (Wildman–Crippen MR) is 56.4 cm³/mol. The lowest BCUT2D eigenvalue weighted by molar-refractivity contribution is 0.233. The Kier molecular flexibility index (Phi) is 5.21. The van der Waals surface area contributed by atoms with Crippen LogP contribution in [0.2, 0.25) is 0 Å². The van der Waals surface area contributed by atoms with Crippen molar-refractivity contribution in [3.63, 3.8) is 0 Å². The highest BCUT2D eigenvalue weighted by Crippen LogP contribution is 2.26. The van der Waals surface area contributed by atoms with Gasteiger partial charge in [-0.1, -0.05) is 27.7 Å². The largest absolute Gasteiger partial charge is 0.395 e. The second-order valence-corrected chi connectivity index (χ2v) is 5.58. The summed E-state index contributed by atoms with van der Waals surface area (Å²) in [6.07, 6.45) is 0. The van der Waals surface area contributed by atoms with Gasteiger partial charge in [0.15, 0.2) is 0 Å². The van der Waals surface area contributed by atoms with Gasteiger partial charge in [-0.15, -0.1) is 0 Å². The predicted octanol–water partition coefficient (Wildman–Crippen LogP) is 1.47. The Bertz CT molecular complexity index is 122. The molecule has 0 aromatic rings. The van der Waals surface area contributed by atoms with Gasteiger partial charge in [0.05, 0.1) is 6.61 Å². The monoisotopic (exact) mass is 191 g/mol. The SMILES string of the molecule is CCSC(CO)C(N)C(C)(C)C. The highest BCUT2D eigenvalue weighted by Gasteiger charge is 2.28. The maximum atomic E-state index is 9.09. The molecule has 0 saturated heterocycles. The smallest absolute Gasteiger partial charge is 0.0565 e. The lowest BCUT2D eigenvalue weighted by Gasteiger charge is -2.32. The van der Waals surface area contributed by atoms with Gasteiger partial charge >= 0.3 is 0 Å². The summed E-state index contributed by atoms with van der Waals surface area (Å²) in [7, 11) is 0. The van der Waals surface area contributed by atoms with E-state index in [0.717, 1.165) is 5.75 Å². The van der Waals surface area contributed by atoms with Crippen LogP contribution in [0.4, 0.5) is 0 Å². The number of rotatable bonds is 4. The van der Waals surface area contributed by atoms with Gasteiger partial charge in [0.2, 0.25) is 0 Å². The van der Waals surface area contributed by atoms with Crippen LogP contribution in [0.5, 0.6) is 0 Å². The van der Waals surface area contributed by atoms with Crippen LogP contribution >= 0.6 is 11.8 Å². The quantitative estimate of drug-likeness (QED) is 0.707. The van der Waals surface area contributed by atoms with E-state index in [1.807, 2.05) is 0 Å². The third-order valence-electron chi connectivity index (χ3n) is 1.96. The molecule has 0 aliphatic heterocycles. The first-order valence-electron chi connectivity index (χ1n) is 4.41. The van der Waals surface area contributed by atoms with E-state index >= 15 is 0 Å². The van der Waals surface area contributed by atoms with E-state index in [4.69, 9.17) is 10.8 Å². The van der Waals surface area contributed by atoms with E-state index < -0.39 is 0 Å². The molecule has 0 fully saturated rings. The molecule has 0 saturated carbocycles. The maximum absolute atomic E-state index is 9.09. The van der Waals surface area contributed by atoms with Crippen LogP contribution in [-0.2, 0) is 0 Å². The average Bonchev–Trinajstić information content (AvgIpc) is 1.97. The zero-order valence-electron chi connectivity index (χ0n) is 8.50. The molecule has 0 aliphatic rings. The third-order valence-corrected chi connectivity index (χ3v) is 3.17. The van der Waals surface area contributed by atoms with Crippen molar-refractivity contribution < 1.29 is 5.11 Å². The van der Waals surface area contributed by atoms with Gasteiger partial charge in [0.1, 0.15) is 0 Å². The maximum Gasteiger partial charge on any atom is 0.0565 e. The number of thioether (sulfide) groups is 1. The van der Waals surface area contributed by atoms with Crippen molar-refractivity contribution in [1.82, 2.24) is 0 Å². The fourth-order valence-electron chi connectivity index (χ4n) is 1.04. The van der Waals surface area contributed by atoms with E-state index in [-0.39, 0.29) is 23.3 Å². The molecule has 0 aliphatic carbocycles. The van der Waals surface area contributed by atoms with Crippen LogP contribution in [0.15, 0.2) is 0 Å². The molecule has 0 aromatic carbocycles. The molecule has 12 heavy (non-hydrogen) atoms. The fourth-order valence-corrected chi connectivity index (χ4v) is 2.19. The summed E-state index contributed by atoms with van der Waals surface area (Å²) in [6, 6.07) is 0.0625. The summed E-state index contributed by atoms with van der Waals surface area (Å²) in [5.41, 5.74) is 6.09. The van der Waals surface area contributed by atoms with Gasteiger partial charge in [-0.05, 0) is 11.2 Å². The molecule has 0 bridgehead atoms. The van der Waals surface area contributed by atoms with Crippen molar-refractivity contribution in [1.29, 1.82) is 0 Å². The fraction of sp³-hybridized carbons (Fsp3) is 1.00. The Morgan fingerprint density at radius 3 is 2.17 bits per heavy atom. The molecule has 3 N–H and O–H groups in total. The molecule has 0 amide bonds. The summed E-state index contributed by atoms with van der Waals surface area (Å²) in [5, 5.41) is 9.27. The Morgan fingerprint density at radius 2 is 1.92 bits per heavy atom. The molecular formula is C9H21NOS. The van der Waals surface area contributed by atoms with Gasteiger partial charge in [-0.3, -0.25) is 0 Å². The van der Waals surface area contributed by atoms with Crippen molar-refractivity contribution in [3.8, 4) is 0 Å². The molecule has 74 valence electrons. The molecular weight excluding hydrogens is 170 g/mol. The van der Waals surface area contributed by atoms with Crippen molar-refractivity contribution in [2.45, 2.75) is 39.0 Å². The second-order valence-electron chi connectivity index (χ2n) is 4.07. The summed E-state index contributed by atoms with van der Waals surface area (Å²) < 4.78 is 0. The Balaban J connectivity index is 4.11. The zero-order chi connectivity index (χ0) is 9.78. The average molecular weight is 191 g/mol. The first kappa shape index (κ1) is 12.3. The Labute approximate surface area is 79.9 Å². The molecule has 0 radical (unpaired) electrons. The number of hydrogen-bond acceptors (Lipinski definition) is 3. The third kappa shape index (κ3) is 3.78. The number of nitrogens with two attached hydrogens (primary N) is 1. The summed E-state index contributed by atoms with van der Waals surface area (Å²) in [5.74, 6) is 1.01. The van der Waals surface area contributed by atoms with E-state index in [9.17, 15) is 0 Å². The van der Waals surface area contributed by atoms with E-state index in [1.165, 1.54) is 0 Å². The second kappa shape index (κ2) is 5.10. The highest BCUT2D eigenvalue weighted by atomic mass is 32.2. The standard InChI is InChI=1S/C9H21NOS/c1-5-12-7(6-11)8(10)9(2,3)4/h7-8,11H,5-6,10H2,1-4H3. The highest BCUT2D eigenvalue weighted by molar-refractivity contribution is 7.99. The van der Waals surface area contributed by atoms with E-state index in [1.54, 1.807) is 11.8 Å². The molecule has 0 rings (SSSR count). The van der Waals surface area contributed by atoms with Crippen LogP contribution in [0.25, 0.3) is 0 Å². The Hall–Kier alpha value is 0.270. The van der Waals surface area contributed by atoms with Crippen molar-refractivity contribution in [2.24, 2.45) is 11.1 Å². The van der Waals surface area contributed by atoms with Crippen LogP contribution in [0, 0.1) is 5.41 Å². The van der Waals surface area contributed by atoms with Gasteiger partial charge in [0, 0.05) is 11.3 Å². The van der Waals surface area contributed by atoms with E-state index in [2.05, 4.69) is 27.7 Å². The first-order valence-corrected chi connectivity index (χ1v) is 5.46. The number of hydrogen-bond donors (Lipinski definition) is 2. The minimum atomic E-state index is 0.0625. The van der Waals surface area contributed by atoms with Crippen molar-refractivity contribution in [3.05, 3.63) is 0 Å². The lowest BCUT2D eigenvalue weighted by Crippen LogP contribution is -2.45. The van der Waals surface area contributed by atoms with Crippen LogP contribution in [-0.4, -0.2) is 28.8 Å².